The van der Waals surface area contributed by atoms with E-state index >= 15 is 0 Å². The van der Waals surface area contributed by atoms with E-state index in [1.54, 1.807) is 18.2 Å². The zero-order valence-electron chi connectivity index (χ0n) is 12.9. The second-order valence-corrected chi connectivity index (χ2v) is 7.27. The Morgan fingerprint density at radius 2 is 1.88 bits per heavy atom. The van der Waals surface area contributed by atoms with Crippen LogP contribution in [0.1, 0.15) is 5.69 Å². The first-order valence-electron chi connectivity index (χ1n) is 7.53. The monoisotopic (exact) mass is 364 g/mol. The van der Waals surface area contributed by atoms with E-state index in [0.717, 1.165) is 22.0 Å². The Kier molecular flexibility index (Phi) is 3.99. The van der Waals surface area contributed by atoms with Gasteiger partial charge in [0.25, 0.3) is 5.91 Å². The molecule has 1 aliphatic heterocycles. The molecular formula is C19H12N2O2S2. The number of aromatic nitrogens is 1. The molecule has 0 aliphatic carbocycles. The van der Waals surface area contributed by atoms with Crippen LogP contribution in [0.4, 0.5) is 0 Å². The average molecular weight is 364 g/mol. The molecule has 1 aliphatic rings. The van der Waals surface area contributed by atoms with Crippen LogP contribution >= 0.6 is 24.0 Å². The highest BCUT2D eigenvalue weighted by atomic mass is 32.2. The number of carbonyl (C=O) groups excluding carboxylic acids is 1. The van der Waals surface area contributed by atoms with Gasteiger partial charge in [-0.15, -0.1) is 0 Å². The summed E-state index contributed by atoms with van der Waals surface area (Å²) in [6.07, 6.45) is 1.74. The molecule has 0 bridgehead atoms. The SMILES string of the molecule is O=C1NC(=S)SC1=Cc1cccc(-c2ccc3cc(O)ccc3c2)n1. The number of amides is 1. The van der Waals surface area contributed by atoms with Crippen molar-refractivity contribution in [1.29, 1.82) is 0 Å². The van der Waals surface area contributed by atoms with Crippen LogP contribution in [0.5, 0.6) is 5.75 Å². The molecule has 1 amide bonds. The number of benzene rings is 2. The highest BCUT2D eigenvalue weighted by Gasteiger charge is 2.22. The van der Waals surface area contributed by atoms with Crippen molar-refractivity contribution in [3.05, 3.63) is 65.2 Å². The number of aromatic hydroxyl groups is 1. The Labute approximate surface area is 153 Å². The molecule has 2 heterocycles. The number of carbonyl (C=O) groups is 1. The van der Waals surface area contributed by atoms with Crippen LogP contribution < -0.4 is 5.32 Å². The minimum atomic E-state index is -0.187. The molecule has 0 saturated carbocycles. The third-order valence-electron chi connectivity index (χ3n) is 3.81. The first kappa shape index (κ1) is 15.8. The zero-order chi connectivity index (χ0) is 17.4. The van der Waals surface area contributed by atoms with Crippen LogP contribution in [0, 0.1) is 0 Å². The van der Waals surface area contributed by atoms with Gasteiger partial charge in [0.1, 0.15) is 10.1 Å². The average Bonchev–Trinajstić information content (AvgIpc) is 2.92. The topological polar surface area (TPSA) is 62.2 Å². The molecular weight excluding hydrogens is 352 g/mol. The van der Waals surface area contributed by atoms with Gasteiger partial charge in [0.05, 0.1) is 16.3 Å². The van der Waals surface area contributed by atoms with Crippen LogP contribution in [0.25, 0.3) is 28.1 Å². The number of pyridine rings is 1. The van der Waals surface area contributed by atoms with Gasteiger partial charge in [-0.2, -0.15) is 0 Å². The van der Waals surface area contributed by atoms with Crippen molar-refractivity contribution in [3.63, 3.8) is 0 Å². The Hall–Kier alpha value is -2.70. The van der Waals surface area contributed by atoms with Gasteiger partial charge in [0.2, 0.25) is 0 Å². The fourth-order valence-electron chi connectivity index (χ4n) is 2.64. The highest BCUT2D eigenvalue weighted by Crippen LogP contribution is 2.28. The van der Waals surface area contributed by atoms with Gasteiger partial charge in [-0.1, -0.05) is 48.2 Å². The van der Waals surface area contributed by atoms with E-state index in [1.165, 1.54) is 11.8 Å². The van der Waals surface area contributed by atoms with E-state index in [2.05, 4.69) is 10.3 Å². The number of nitrogens with zero attached hydrogens (tertiary/aromatic N) is 1. The van der Waals surface area contributed by atoms with Gasteiger partial charge in [0, 0.05) is 5.56 Å². The molecule has 1 fully saturated rings. The van der Waals surface area contributed by atoms with Crippen molar-refractivity contribution in [2.75, 3.05) is 0 Å². The predicted molar refractivity (Wildman–Crippen MR) is 105 cm³/mol. The molecule has 122 valence electrons. The Balaban J connectivity index is 1.72. The van der Waals surface area contributed by atoms with Gasteiger partial charge in [-0.25, -0.2) is 4.98 Å². The molecule has 0 atom stereocenters. The maximum Gasteiger partial charge on any atom is 0.263 e. The van der Waals surface area contributed by atoms with Crippen LogP contribution in [-0.4, -0.2) is 20.3 Å². The molecule has 1 saturated heterocycles. The maximum absolute atomic E-state index is 11.8. The fraction of sp³-hybridized carbons (Fsp3) is 0. The second-order valence-electron chi connectivity index (χ2n) is 5.55. The Morgan fingerprint density at radius 1 is 1.08 bits per heavy atom. The molecule has 25 heavy (non-hydrogen) atoms. The second kappa shape index (κ2) is 6.31. The first-order chi connectivity index (χ1) is 12.1. The minimum Gasteiger partial charge on any atom is -0.508 e. The smallest absolute Gasteiger partial charge is 0.263 e. The van der Waals surface area contributed by atoms with Crippen LogP contribution in [0.15, 0.2) is 59.5 Å². The lowest BCUT2D eigenvalue weighted by atomic mass is 10.0. The summed E-state index contributed by atoms with van der Waals surface area (Å²) in [4.78, 5) is 17.0. The van der Waals surface area contributed by atoms with Gasteiger partial charge >= 0.3 is 0 Å². The number of fused-ring (bicyclic) bond motifs is 1. The largest absolute Gasteiger partial charge is 0.508 e. The molecule has 4 rings (SSSR count). The summed E-state index contributed by atoms with van der Waals surface area (Å²) in [6.45, 7) is 0. The Bertz CT molecular complexity index is 1060. The number of phenols is 1. The van der Waals surface area contributed by atoms with Gasteiger partial charge in [-0.05, 0) is 47.2 Å². The molecule has 0 unspecified atom stereocenters. The summed E-state index contributed by atoms with van der Waals surface area (Å²) in [5, 5.41) is 14.2. The number of hydrogen-bond acceptors (Lipinski definition) is 5. The fourth-order valence-corrected chi connectivity index (χ4v) is 3.67. The maximum atomic E-state index is 11.8. The van der Waals surface area contributed by atoms with Crippen molar-refractivity contribution < 1.29 is 9.90 Å². The predicted octanol–water partition coefficient (Wildman–Crippen LogP) is 4.10. The molecule has 2 aromatic carbocycles. The number of thioether (sulfide) groups is 1. The third kappa shape index (κ3) is 3.26. The van der Waals surface area contributed by atoms with Crippen molar-refractivity contribution in [2.45, 2.75) is 0 Å². The quantitative estimate of drug-likeness (QED) is 0.530. The molecule has 6 heteroatoms. The van der Waals surface area contributed by atoms with Gasteiger partial charge in [-0.3, -0.25) is 4.79 Å². The molecule has 4 nitrogen and oxygen atoms in total. The van der Waals surface area contributed by atoms with Crippen LogP contribution in [-0.2, 0) is 4.79 Å². The number of rotatable bonds is 2. The van der Waals surface area contributed by atoms with Gasteiger partial charge < -0.3 is 10.4 Å². The summed E-state index contributed by atoms with van der Waals surface area (Å²) >= 11 is 6.24. The molecule has 1 aromatic heterocycles. The lowest BCUT2D eigenvalue weighted by Crippen LogP contribution is -2.17. The van der Waals surface area contributed by atoms with E-state index in [0.29, 0.717) is 14.9 Å². The molecule has 0 radical (unpaired) electrons. The molecule has 2 N–H and O–H groups in total. The summed E-state index contributed by atoms with van der Waals surface area (Å²) in [5.74, 6) is 0.0602. The van der Waals surface area contributed by atoms with Crippen molar-refractivity contribution >= 4 is 51.1 Å². The highest BCUT2D eigenvalue weighted by molar-refractivity contribution is 8.26. The lowest BCUT2D eigenvalue weighted by molar-refractivity contribution is -0.115. The first-order valence-corrected chi connectivity index (χ1v) is 8.76. The van der Waals surface area contributed by atoms with E-state index in [4.69, 9.17) is 12.2 Å². The molecule has 3 aromatic rings. The van der Waals surface area contributed by atoms with Crippen LogP contribution in [0.2, 0.25) is 0 Å². The summed E-state index contributed by atoms with van der Waals surface area (Å²) in [5.41, 5.74) is 2.48. The van der Waals surface area contributed by atoms with Crippen molar-refractivity contribution in [1.82, 2.24) is 10.3 Å². The summed E-state index contributed by atoms with van der Waals surface area (Å²) < 4.78 is 0.463. The number of hydrogen-bond donors (Lipinski definition) is 2. The van der Waals surface area contributed by atoms with E-state index in [1.807, 2.05) is 42.5 Å². The van der Waals surface area contributed by atoms with Crippen molar-refractivity contribution in [2.24, 2.45) is 0 Å². The lowest BCUT2D eigenvalue weighted by Gasteiger charge is -2.05. The normalized spacial score (nSPS) is 15.8. The standard InChI is InChI=1S/C19H12N2O2S2/c22-15-7-6-11-8-13(5-4-12(11)9-15)16-3-1-2-14(20-16)10-17-18(23)21-19(24)25-17/h1-10,22H,(H,21,23,24). The van der Waals surface area contributed by atoms with E-state index < -0.39 is 0 Å². The number of nitrogens with one attached hydrogen (secondary N) is 1. The number of thiocarbonyl (C=S) groups is 1. The number of phenolic OH excluding ortho intramolecular Hbond substituents is 1. The van der Waals surface area contributed by atoms with Crippen molar-refractivity contribution in [3.8, 4) is 17.0 Å². The summed E-state index contributed by atoms with van der Waals surface area (Å²) in [7, 11) is 0. The third-order valence-corrected chi connectivity index (χ3v) is 4.97. The van der Waals surface area contributed by atoms with E-state index in [9.17, 15) is 9.90 Å². The van der Waals surface area contributed by atoms with Gasteiger partial charge in [0.15, 0.2) is 0 Å². The summed E-state index contributed by atoms with van der Waals surface area (Å²) in [6, 6.07) is 16.9. The Morgan fingerprint density at radius 3 is 2.68 bits per heavy atom. The van der Waals surface area contributed by atoms with E-state index in [-0.39, 0.29) is 11.7 Å². The molecule has 0 spiro atoms. The minimum absolute atomic E-state index is 0.187. The van der Waals surface area contributed by atoms with Crippen LogP contribution in [0.3, 0.4) is 0 Å². The zero-order valence-corrected chi connectivity index (χ0v) is 14.5.